The number of hydrogen-bond acceptors (Lipinski definition) is 5. The molecule has 3 aromatic rings. The van der Waals surface area contributed by atoms with Gasteiger partial charge in [0, 0.05) is 36.3 Å². The molecule has 0 fully saturated rings. The summed E-state index contributed by atoms with van der Waals surface area (Å²) in [4.78, 5) is 14.7. The Morgan fingerprint density at radius 1 is 1.12 bits per heavy atom. The zero-order valence-electron chi connectivity index (χ0n) is 13.9. The van der Waals surface area contributed by atoms with Crippen LogP contribution in [0, 0.1) is 10.1 Å². The van der Waals surface area contributed by atoms with E-state index < -0.39 is 4.92 Å². The van der Waals surface area contributed by atoms with E-state index in [-0.39, 0.29) is 5.69 Å². The third-order valence-electron chi connectivity index (χ3n) is 3.92. The van der Waals surface area contributed by atoms with Gasteiger partial charge in [-0.25, -0.2) is 4.98 Å². The van der Waals surface area contributed by atoms with Crippen molar-refractivity contribution in [3.05, 3.63) is 70.0 Å². The topological polar surface area (TPSA) is 96.7 Å². The van der Waals surface area contributed by atoms with Gasteiger partial charge < -0.3 is 5.32 Å². The van der Waals surface area contributed by atoms with Crippen LogP contribution in [0.2, 0.25) is 0 Å². The Morgan fingerprint density at radius 3 is 2.48 bits per heavy atom. The number of aromatic amines is 1. The van der Waals surface area contributed by atoms with Crippen molar-refractivity contribution in [1.82, 2.24) is 15.2 Å². The van der Waals surface area contributed by atoms with E-state index in [0.717, 1.165) is 30.0 Å². The van der Waals surface area contributed by atoms with Gasteiger partial charge in [0.05, 0.1) is 4.92 Å². The SMILES string of the molecule is CCc1ccc(NCCc2nc(-c3ccc([N+](=O)[O-])cc3)n[nH]2)cc1. The second kappa shape index (κ2) is 7.57. The Kier molecular flexibility index (Phi) is 5.03. The van der Waals surface area contributed by atoms with Crippen molar-refractivity contribution in [1.29, 1.82) is 0 Å². The molecule has 0 unspecified atom stereocenters. The number of nitro benzene ring substituents is 1. The molecule has 0 amide bonds. The molecule has 0 saturated carbocycles. The maximum atomic E-state index is 10.7. The number of aromatic nitrogens is 3. The van der Waals surface area contributed by atoms with Crippen LogP contribution in [-0.4, -0.2) is 26.6 Å². The van der Waals surface area contributed by atoms with Gasteiger partial charge in [-0.15, -0.1) is 0 Å². The van der Waals surface area contributed by atoms with Gasteiger partial charge in [0.2, 0.25) is 0 Å². The number of rotatable bonds is 7. The predicted octanol–water partition coefficient (Wildman–Crippen LogP) is 3.60. The molecule has 0 aliphatic carbocycles. The maximum absolute atomic E-state index is 10.7. The normalized spacial score (nSPS) is 10.6. The lowest BCUT2D eigenvalue weighted by molar-refractivity contribution is -0.384. The summed E-state index contributed by atoms with van der Waals surface area (Å²) in [5.41, 5.74) is 3.19. The number of nitrogens with zero attached hydrogens (tertiary/aromatic N) is 3. The quantitative estimate of drug-likeness (QED) is 0.507. The Balaban J connectivity index is 1.56. The molecule has 0 radical (unpaired) electrons. The van der Waals surface area contributed by atoms with E-state index in [4.69, 9.17) is 0 Å². The van der Waals surface area contributed by atoms with Crippen LogP contribution in [-0.2, 0) is 12.8 Å². The summed E-state index contributed by atoms with van der Waals surface area (Å²) in [6, 6.07) is 14.6. The van der Waals surface area contributed by atoms with E-state index in [9.17, 15) is 10.1 Å². The average molecular weight is 337 g/mol. The fourth-order valence-electron chi connectivity index (χ4n) is 2.45. The van der Waals surface area contributed by atoms with Gasteiger partial charge in [-0.1, -0.05) is 19.1 Å². The van der Waals surface area contributed by atoms with Gasteiger partial charge in [0.25, 0.3) is 5.69 Å². The van der Waals surface area contributed by atoms with Crippen molar-refractivity contribution in [2.24, 2.45) is 0 Å². The molecule has 0 bridgehead atoms. The third-order valence-corrected chi connectivity index (χ3v) is 3.92. The van der Waals surface area contributed by atoms with Crippen molar-refractivity contribution in [2.45, 2.75) is 19.8 Å². The highest BCUT2D eigenvalue weighted by molar-refractivity contribution is 5.56. The van der Waals surface area contributed by atoms with Gasteiger partial charge >= 0.3 is 0 Å². The van der Waals surface area contributed by atoms with E-state index in [2.05, 4.69) is 51.7 Å². The molecule has 128 valence electrons. The first-order chi connectivity index (χ1) is 12.2. The lowest BCUT2D eigenvalue weighted by Crippen LogP contribution is -2.06. The number of anilines is 1. The minimum atomic E-state index is -0.425. The fraction of sp³-hybridized carbons (Fsp3) is 0.222. The summed E-state index contributed by atoms with van der Waals surface area (Å²) in [5, 5.41) is 21.1. The van der Waals surface area contributed by atoms with Crippen LogP contribution in [0.15, 0.2) is 48.5 Å². The van der Waals surface area contributed by atoms with E-state index in [1.165, 1.54) is 17.7 Å². The number of nitrogens with one attached hydrogen (secondary N) is 2. The lowest BCUT2D eigenvalue weighted by Gasteiger charge is -2.05. The molecule has 0 atom stereocenters. The molecule has 2 N–H and O–H groups in total. The van der Waals surface area contributed by atoms with Crippen molar-refractivity contribution < 1.29 is 4.92 Å². The predicted molar refractivity (Wildman–Crippen MR) is 96.5 cm³/mol. The first-order valence-electron chi connectivity index (χ1n) is 8.14. The van der Waals surface area contributed by atoms with Crippen molar-refractivity contribution in [3.63, 3.8) is 0 Å². The lowest BCUT2D eigenvalue weighted by atomic mass is 10.1. The summed E-state index contributed by atoms with van der Waals surface area (Å²) in [7, 11) is 0. The molecule has 7 nitrogen and oxygen atoms in total. The van der Waals surface area contributed by atoms with Crippen molar-refractivity contribution in [3.8, 4) is 11.4 Å². The number of non-ortho nitro benzene ring substituents is 1. The third kappa shape index (κ3) is 4.20. The van der Waals surface area contributed by atoms with E-state index in [1.54, 1.807) is 12.1 Å². The van der Waals surface area contributed by atoms with E-state index in [1.807, 2.05) is 0 Å². The zero-order chi connectivity index (χ0) is 17.6. The highest BCUT2D eigenvalue weighted by atomic mass is 16.6. The summed E-state index contributed by atoms with van der Waals surface area (Å²) < 4.78 is 0. The molecule has 0 spiro atoms. The van der Waals surface area contributed by atoms with Crippen LogP contribution in [0.25, 0.3) is 11.4 Å². The number of H-pyrrole nitrogens is 1. The van der Waals surface area contributed by atoms with Crippen molar-refractivity contribution >= 4 is 11.4 Å². The highest BCUT2D eigenvalue weighted by Gasteiger charge is 2.09. The highest BCUT2D eigenvalue weighted by Crippen LogP contribution is 2.19. The number of aryl methyl sites for hydroxylation is 1. The Bertz CT molecular complexity index is 841. The summed E-state index contributed by atoms with van der Waals surface area (Å²) in [6.45, 7) is 2.87. The van der Waals surface area contributed by atoms with Crippen LogP contribution in [0.3, 0.4) is 0 Å². The minimum absolute atomic E-state index is 0.0535. The van der Waals surface area contributed by atoms with Gasteiger partial charge in [-0.3, -0.25) is 15.2 Å². The average Bonchev–Trinajstić information content (AvgIpc) is 3.11. The molecular weight excluding hydrogens is 318 g/mol. The minimum Gasteiger partial charge on any atom is -0.385 e. The molecule has 3 rings (SSSR count). The first-order valence-corrected chi connectivity index (χ1v) is 8.14. The van der Waals surface area contributed by atoms with Gasteiger partial charge in [-0.05, 0) is 36.2 Å². The molecular formula is C18H19N5O2. The smallest absolute Gasteiger partial charge is 0.269 e. The van der Waals surface area contributed by atoms with Crippen LogP contribution >= 0.6 is 0 Å². The Morgan fingerprint density at radius 2 is 1.84 bits per heavy atom. The summed E-state index contributed by atoms with van der Waals surface area (Å²) in [6.07, 6.45) is 1.74. The molecule has 0 saturated heterocycles. The molecule has 2 aromatic carbocycles. The molecule has 25 heavy (non-hydrogen) atoms. The van der Waals surface area contributed by atoms with Crippen LogP contribution in [0.1, 0.15) is 18.3 Å². The number of hydrogen-bond donors (Lipinski definition) is 2. The number of benzene rings is 2. The van der Waals surface area contributed by atoms with Gasteiger partial charge in [-0.2, -0.15) is 5.10 Å². The molecule has 0 aliphatic heterocycles. The van der Waals surface area contributed by atoms with E-state index >= 15 is 0 Å². The second-order valence-corrected chi connectivity index (χ2v) is 5.64. The van der Waals surface area contributed by atoms with E-state index in [0.29, 0.717) is 12.2 Å². The Hall–Kier alpha value is -3.22. The first kappa shape index (κ1) is 16.6. The molecule has 1 aromatic heterocycles. The molecule has 1 heterocycles. The van der Waals surface area contributed by atoms with Crippen LogP contribution in [0.5, 0.6) is 0 Å². The summed E-state index contributed by atoms with van der Waals surface area (Å²) in [5.74, 6) is 1.31. The summed E-state index contributed by atoms with van der Waals surface area (Å²) >= 11 is 0. The maximum Gasteiger partial charge on any atom is 0.269 e. The Labute approximate surface area is 145 Å². The van der Waals surface area contributed by atoms with Crippen LogP contribution in [0.4, 0.5) is 11.4 Å². The second-order valence-electron chi connectivity index (χ2n) is 5.64. The molecule has 0 aliphatic rings. The van der Waals surface area contributed by atoms with Gasteiger partial charge in [0.1, 0.15) is 5.82 Å². The standard InChI is InChI=1S/C18H19N5O2/c1-2-13-3-7-15(8-4-13)19-12-11-17-20-18(22-21-17)14-5-9-16(10-6-14)23(24)25/h3-10,19H,2,11-12H2,1H3,(H,20,21,22). The van der Waals surface area contributed by atoms with Crippen molar-refractivity contribution in [2.75, 3.05) is 11.9 Å². The number of nitro groups is 1. The largest absolute Gasteiger partial charge is 0.385 e. The zero-order valence-corrected chi connectivity index (χ0v) is 13.9. The fourth-order valence-corrected chi connectivity index (χ4v) is 2.45. The van der Waals surface area contributed by atoms with Gasteiger partial charge in [0.15, 0.2) is 5.82 Å². The van der Waals surface area contributed by atoms with Crippen LogP contribution < -0.4 is 5.32 Å². The monoisotopic (exact) mass is 337 g/mol. The molecule has 7 heteroatoms.